The van der Waals surface area contributed by atoms with Crippen molar-refractivity contribution < 1.29 is 4.74 Å². The van der Waals surface area contributed by atoms with Crippen LogP contribution >= 0.6 is 23.2 Å². The van der Waals surface area contributed by atoms with Gasteiger partial charge in [-0.3, -0.25) is 5.41 Å². The standard InChI is InChI=1S/C11H9Cl2NO/c12-9-2-1-7(5-10(9)13)8-3-4-15-11(14)6-8/h1-5,8,14H,6H2. The van der Waals surface area contributed by atoms with Crippen molar-refractivity contribution in [1.82, 2.24) is 0 Å². The number of benzene rings is 1. The summed E-state index contributed by atoms with van der Waals surface area (Å²) in [6, 6.07) is 5.52. The second kappa shape index (κ2) is 4.25. The molecule has 2 nitrogen and oxygen atoms in total. The molecule has 0 amide bonds. The second-order valence-corrected chi connectivity index (χ2v) is 4.17. The van der Waals surface area contributed by atoms with Crippen LogP contribution in [-0.2, 0) is 4.74 Å². The van der Waals surface area contributed by atoms with Gasteiger partial charge in [0.25, 0.3) is 0 Å². The molecule has 1 N–H and O–H groups in total. The van der Waals surface area contributed by atoms with Gasteiger partial charge in [-0.1, -0.05) is 29.3 Å². The number of allylic oxidation sites excluding steroid dienone is 1. The van der Waals surface area contributed by atoms with E-state index in [0.717, 1.165) is 5.56 Å². The van der Waals surface area contributed by atoms with E-state index in [0.29, 0.717) is 16.5 Å². The first-order valence-corrected chi connectivity index (χ1v) is 5.28. The van der Waals surface area contributed by atoms with Crippen LogP contribution < -0.4 is 0 Å². The summed E-state index contributed by atoms with van der Waals surface area (Å²) >= 11 is 11.8. The van der Waals surface area contributed by atoms with Gasteiger partial charge in [-0.15, -0.1) is 0 Å². The average molecular weight is 242 g/mol. The van der Waals surface area contributed by atoms with Crippen LogP contribution in [0.5, 0.6) is 0 Å². The molecule has 2 rings (SSSR count). The third kappa shape index (κ3) is 2.33. The molecule has 1 unspecified atom stereocenters. The summed E-state index contributed by atoms with van der Waals surface area (Å²) in [5.41, 5.74) is 1.05. The molecular weight excluding hydrogens is 233 g/mol. The van der Waals surface area contributed by atoms with E-state index in [-0.39, 0.29) is 11.8 Å². The van der Waals surface area contributed by atoms with E-state index < -0.39 is 0 Å². The fraction of sp³-hybridized carbons (Fsp3) is 0.182. The molecule has 0 saturated carbocycles. The fourth-order valence-corrected chi connectivity index (χ4v) is 1.81. The number of hydrogen-bond acceptors (Lipinski definition) is 2. The quantitative estimate of drug-likeness (QED) is 0.793. The normalized spacial score (nSPS) is 20.1. The van der Waals surface area contributed by atoms with Gasteiger partial charge in [0.15, 0.2) is 5.90 Å². The number of nitrogens with one attached hydrogen (secondary N) is 1. The van der Waals surface area contributed by atoms with Crippen LogP contribution in [0.1, 0.15) is 17.9 Å². The van der Waals surface area contributed by atoms with E-state index in [9.17, 15) is 0 Å². The molecule has 1 heterocycles. The maximum Gasteiger partial charge on any atom is 0.187 e. The highest BCUT2D eigenvalue weighted by atomic mass is 35.5. The van der Waals surface area contributed by atoms with E-state index in [1.54, 1.807) is 12.3 Å². The topological polar surface area (TPSA) is 33.1 Å². The largest absolute Gasteiger partial charge is 0.452 e. The summed E-state index contributed by atoms with van der Waals surface area (Å²) in [6.45, 7) is 0. The van der Waals surface area contributed by atoms with Gasteiger partial charge in [-0.25, -0.2) is 0 Å². The van der Waals surface area contributed by atoms with Gasteiger partial charge >= 0.3 is 0 Å². The highest BCUT2D eigenvalue weighted by Crippen LogP contribution is 2.30. The van der Waals surface area contributed by atoms with Crippen LogP contribution in [0.25, 0.3) is 0 Å². The third-order valence-electron chi connectivity index (χ3n) is 2.30. The molecule has 0 radical (unpaired) electrons. The monoisotopic (exact) mass is 241 g/mol. The lowest BCUT2D eigenvalue weighted by atomic mass is 9.95. The molecule has 1 atom stereocenters. The van der Waals surface area contributed by atoms with Gasteiger partial charge in [0.2, 0.25) is 0 Å². The van der Waals surface area contributed by atoms with Crippen molar-refractivity contribution in [2.75, 3.05) is 0 Å². The molecule has 4 heteroatoms. The smallest absolute Gasteiger partial charge is 0.187 e. The predicted octanol–water partition coefficient (Wildman–Crippen LogP) is 3.99. The molecular formula is C11H9Cl2NO. The lowest BCUT2D eigenvalue weighted by molar-refractivity contribution is 0.427. The van der Waals surface area contributed by atoms with Gasteiger partial charge in [0.1, 0.15) is 0 Å². The molecule has 0 aliphatic carbocycles. The molecule has 0 aromatic heterocycles. The van der Waals surface area contributed by atoms with Gasteiger partial charge < -0.3 is 4.74 Å². The number of rotatable bonds is 1. The Morgan fingerprint density at radius 3 is 2.73 bits per heavy atom. The van der Waals surface area contributed by atoms with Crippen LogP contribution in [-0.4, -0.2) is 5.90 Å². The Balaban J connectivity index is 2.29. The Morgan fingerprint density at radius 1 is 1.27 bits per heavy atom. The van der Waals surface area contributed by atoms with Gasteiger partial charge in [-0.2, -0.15) is 0 Å². The van der Waals surface area contributed by atoms with Crippen molar-refractivity contribution in [1.29, 1.82) is 5.41 Å². The molecule has 78 valence electrons. The first-order chi connectivity index (χ1) is 7.16. The molecule has 0 saturated heterocycles. The van der Waals surface area contributed by atoms with Crippen molar-refractivity contribution in [2.45, 2.75) is 12.3 Å². The molecule has 0 spiro atoms. The molecule has 1 aromatic carbocycles. The van der Waals surface area contributed by atoms with Crippen LogP contribution in [0.3, 0.4) is 0 Å². The molecule has 0 fully saturated rings. The first kappa shape index (κ1) is 10.5. The maximum absolute atomic E-state index is 7.43. The zero-order valence-corrected chi connectivity index (χ0v) is 9.35. The zero-order chi connectivity index (χ0) is 10.8. The maximum atomic E-state index is 7.43. The Bertz CT molecular complexity index is 429. The zero-order valence-electron chi connectivity index (χ0n) is 7.84. The lowest BCUT2D eigenvalue weighted by Gasteiger charge is -2.17. The van der Waals surface area contributed by atoms with E-state index >= 15 is 0 Å². The minimum absolute atomic E-state index is 0.154. The third-order valence-corrected chi connectivity index (χ3v) is 3.04. The molecule has 0 bridgehead atoms. The Labute approximate surface area is 98.0 Å². The Kier molecular flexibility index (Phi) is 2.98. The average Bonchev–Trinajstić information content (AvgIpc) is 2.22. The van der Waals surface area contributed by atoms with E-state index in [1.807, 2.05) is 18.2 Å². The Morgan fingerprint density at radius 2 is 2.07 bits per heavy atom. The van der Waals surface area contributed by atoms with Gasteiger partial charge in [0, 0.05) is 12.3 Å². The summed E-state index contributed by atoms with van der Waals surface area (Å²) < 4.78 is 4.93. The number of hydrogen-bond donors (Lipinski definition) is 1. The molecule has 15 heavy (non-hydrogen) atoms. The van der Waals surface area contributed by atoms with Crippen molar-refractivity contribution in [3.05, 3.63) is 46.1 Å². The van der Waals surface area contributed by atoms with Crippen molar-refractivity contribution in [2.24, 2.45) is 0 Å². The molecule has 1 aromatic rings. The van der Waals surface area contributed by atoms with Gasteiger partial charge in [0.05, 0.1) is 16.3 Å². The van der Waals surface area contributed by atoms with Crippen LogP contribution in [0.4, 0.5) is 0 Å². The van der Waals surface area contributed by atoms with E-state index in [1.165, 1.54) is 0 Å². The summed E-state index contributed by atoms with van der Waals surface area (Å²) in [5.74, 6) is 0.426. The second-order valence-electron chi connectivity index (χ2n) is 3.35. The SMILES string of the molecule is N=C1CC(c2ccc(Cl)c(Cl)c2)C=CO1. The highest BCUT2D eigenvalue weighted by Gasteiger charge is 2.16. The summed E-state index contributed by atoms with van der Waals surface area (Å²) in [6.07, 6.45) is 4.02. The first-order valence-electron chi connectivity index (χ1n) is 4.52. The lowest BCUT2D eigenvalue weighted by Crippen LogP contribution is -2.10. The van der Waals surface area contributed by atoms with E-state index in [2.05, 4.69) is 0 Å². The highest BCUT2D eigenvalue weighted by molar-refractivity contribution is 6.42. The van der Waals surface area contributed by atoms with Crippen molar-refractivity contribution >= 4 is 29.1 Å². The molecule has 1 aliphatic heterocycles. The van der Waals surface area contributed by atoms with Crippen LogP contribution in [0.2, 0.25) is 10.0 Å². The minimum atomic E-state index is 0.154. The summed E-state index contributed by atoms with van der Waals surface area (Å²) in [7, 11) is 0. The number of ether oxygens (including phenoxy) is 1. The van der Waals surface area contributed by atoms with Crippen LogP contribution in [0.15, 0.2) is 30.5 Å². The van der Waals surface area contributed by atoms with Gasteiger partial charge in [-0.05, 0) is 23.8 Å². The summed E-state index contributed by atoms with van der Waals surface area (Å²) in [4.78, 5) is 0. The predicted molar refractivity (Wildman–Crippen MR) is 61.8 cm³/mol. The number of halogens is 2. The minimum Gasteiger partial charge on any atom is -0.452 e. The van der Waals surface area contributed by atoms with Crippen molar-refractivity contribution in [3.8, 4) is 0 Å². The summed E-state index contributed by atoms with van der Waals surface area (Å²) in [5, 5.41) is 8.52. The van der Waals surface area contributed by atoms with E-state index in [4.69, 9.17) is 33.3 Å². The molecule has 1 aliphatic rings. The van der Waals surface area contributed by atoms with Crippen LogP contribution in [0, 0.1) is 5.41 Å². The fourth-order valence-electron chi connectivity index (χ4n) is 1.50. The van der Waals surface area contributed by atoms with Crippen molar-refractivity contribution in [3.63, 3.8) is 0 Å². The Hall–Kier alpha value is -0.990.